The Bertz CT molecular complexity index is 520. The number of nitrogens with zero attached hydrogens (tertiary/aromatic N) is 2. The molecule has 19 heavy (non-hydrogen) atoms. The number of anilines is 1. The summed E-state index contributed by atoms with van der Waals surface area (Å²) in [5.74, 6) is 0.551. The summed E-state index contributed by atoms with van der Waals surface area (Å²) < 4.78 is 0. The zero-order chi connectivity index (χ0) is 13.7. The fourth-order valence-electron chi connectivity index (χ4n) is 2.32. The Morgan fingerprint density at radius 2 is 1.95 bits per heavy atom. The van der Waals surface area contributed by atoms with Gasteiger partial charge >= 0.3 is 0 Å². The minimum Gasteiger partial charge on any atom is -0.382 e. The van der Waals surface area contributed by atoms with Gasteiger partial charge in [0.1, 0.15) is 0 Å². The van der Waals surface area contributed by atoms with Gasteiger partial charge in [-0.25, -0.2) is 0 Å². The van der Waals surface area contributed by atoms with Crippen LogP contribution in [0.5, 0.6) is 0 Å². The molecule has 2 aromatic rings. The summed E-state index contributed by atoms with van der Waals surface area (Å²) in [6.45, 7) is 5.13. The first kappa shape index (κ1) is 14.1. The average Bonchev–Trinajstić information content (AvgIpc) is 2.46. The fourth-order valence-corrected chi connectivity index (χ4v) is 2.76. The summed E-state index contributed by atoms with van der Waals surface area (Å²) in [4.78, 5) is 0. The van der Waals surface area contributed by atoms with Crippen molar-refractivity contribution in [1.29, 1.82) is 0 Å². The molecule has 0 spiro atoms. The van der Waals surface area contributed by atoms with E-state index in [-0.39, 0.29) is 5.38 Å². The Morgan fingerprint density at radius 1 is 1.21 bits per heavy atom. The number of nitrogens with one attached hydrogen (secondary N) is 1. The summed E-state index contributed by atoms with van der Waals surface area (Å²) in [6.07, 6.45) is 3.99. The molecule has 0 saturated carbocycles. The van der Waals surface area contributed by atoms with Gasteiger partial charge in [0.2, 0.25) is 0 Å². The number of alkyl halides is 1. The third kappa shape index (κ3) is 3.35. The molecule has 3 nitrogen and oxygen atoms in total. The second kappa shape index (κ2) is 6.71. The van der Waals surface area contributed by atoms with E-state index in [0.29, 0.717) is 5.92 Å². The number of aromatic nitrogens is 2. The third-order valence-electron chi connectivity index (χ3n) is 3.59. The zero-order valence-electron chi connectivity index (χ0n) is 11.4. The minimum absolute atomic E-state index is 0.141. The van der Waals surface area contributed by atoms with Gasteiger partial charge in [0.15, 0.2) is 0 Å². The van der Waals surface area contributed by atoms with Crippen LogP contribution in [0.4, 0.5) is 5.69 Å². The van der Waals surface area contributed by atoms with Crippen LogP contribution in [-0.4, -0.2) is 22.1 Å². The first-order valence-electron chi connectivity index (χ1n) is 6.84. The van der Waals surface area contributed by atoms with Crippen molar-refractivity contribution in [1.82, 2.24) is 10.2 Å². The van der Waals surface area contributed by atoms with Crippen LogP contribution in [0.2, 0.25) is 0 Å². The maximum Gasteiger partial charge on any atom is 0.0950 e. The quantitative estimate of drug-likeness (QED) is 0.808. The smallest absolute Gasteiger partial charge is 0.0950 e. The van der Waals surface area contributed by atoms with Gasteiger partial charge in [-0.3, -0.25) is 0 Å². The summed E-state index contributed by atoms with van der Waals surface area (Å²) in [6, 6.07) is 7.99. The number of rotatable bonds is 6. The maximum atomic E-state index is 6.45. The highest BCUT2D eigenvalue weighted by molar-refractivity contribution is 6.21. The van der Waals surface area contributed by atoms with Crippen molar-refractivity contribution in [2.45, 2.75) is 32.1 Å². The lowest BCUT2D eigenvalue weighted by molar-refractivity contribution is 0.475. The molecule has 0 saturated heterocycles. The molecule has 1 atom stereocenters. The predicted octanol–water partition coefficient (Wildman–Crippen LogP) is 4.09. The van der Waals surface area contributed by atoms with E-state index < -0.39 is 0 Å². The fraction of sp³-hybridized carbons (Fsp3) is 0.467. The number of hydrogen-bond donors (Lipinski definition) is 1. The topological polar surface area (TPSA) is 37.8 Å². The van der Waals surface area contributed by atoms with Crippen LogP contribution in [-0.2, 0) is 0 Å². The van der Waals surface area contributed by atoms with E-state index in [1.54, 1.807) is 6.20 Å². The van der Waals surface area contributed by atoms with E-state index in [9.17, 15) is 0 Å². The molecule has 0 aliphatic carbocycles. The van der Waals surface area contributed by atoms with Crippen molar-refractivity contribution >= 4 is 28.2 Å². The molecule has 4 heteroatoms. The van der Waals surface area contributed by atoms with E-state index in [4.69, 9.17) is 11.6 Å². The lowest BCUT2D eigenvalue weighted by Gasteiger charge is -2.20. The normalized spacial score (nSPS) is 12.8. The Balaban J connectivity index is 2.09. The Morgan fingerprint density at radius 3 is 2.68 bits per heavy atom. The van der Waals surface area contributed by atoms with E-state index >= 15 is 0 Å². The van der Waals surface area contributed by atoms with Crippen molar-refractivity contribution in [3.05, 3.63) is 30.5 Å². The zero-order valence-corrected chi connectivity index (χ0v) is 12.2. The molecule has 0 radical (unpaired) electrons. The van der Waals surface area contributed by atoms with Crippen LogP contribution in [0, 0.1) is 5.92 Å². The van der Waals surface area contributed by atoms with Crippen molar-refractivity contribution in [3.8, 4) is 0 Å². The van der Waals surface area contributed by atoms with Crippen molar-refractivity contribution in [3.63, 3.8) is 0 Å². The molecule has 1 N–H and O–H groups in total. The molecule has 0 fully saturated rings. The van der Waals surface area contributed by atoms with E-state index in [2.05, 4.69) is 29.4 Å². The second-order valence-electron chi connectivity index (χ2n) is 4.75. The van der Waals surface area contributed by atoms with Crippen LogP contribution >= 0.6 is 11.6 Å². The molecule has 0 bridgehead atoms. The van der Waals surface area contributed by atoms with Gasteiger partial charge in [0.05, 0.1) is 22.8 Å². The van der Waals surface area contributed by atoms with Gasteiger partial charge in [0.25, 0.3) is 0 Å². The largest absolute Gasteiger partial charge is 0.382 e. The molecule has 1 aromatic heterocycles. The lowest BCUT2D eigenvalue weighted by atomic mass is 9.99. The highest BCUT2D eigenvalue weighted by Crippen LogP contribution is 2.22. The number of hydrogen-bond acceptors (Lipinski definition) is 3. The highest BCUT2D eigenvalue weighted by Gasteiger charge is 2.15. The molecule has 0 amide bonds. The monoisotopic (exact) mass is 277 g/mol. The standard InChI is InChI=1S/C15H20ClN3/c1-3-11(4-2)13(16)9-17-15-10-18-19-14-8-6-5-7-12(14)15/h5-8,10-11,13H,3-4,9H2,1-2H3,(H,17,19). The predicted molar refractivity (Wildman–Crippen MR) is 81.7 cm³/mol. The Kier molecular flexibility index (Phi) is 4.97. The van der Waals surface area contributed by atoms with Crippen LogP contribution in [0.25, 0.3) is 10.9 Å². The maximum absolute atomic E-state index is 6.45. The van der Waals surface area contributed by atoms with Gasteiger partial charge in [-0.1, -0.05) is 44.9 Å². The SMILES string of the molecule is CCC(CC)C(Cl)CNc1cnnc2ccccc12. The summed E-state index contributed by atoms with van der Waals surface area (Å²) in [5.41, 5.74) is 1.91. The third-order valence-corrected chi connectivity index (χ3v) is 4.10. The van der Waals surface area contributed by atoms with Gasteiger partial charge < -0.3 is 5.32 Å². The van der Waals surface area contributed by atoms with E-state index in [1.807, 2.05) is 24.3 Å². The van der Waals surface area contributed by atoms with Crippen molar-refractivity contribution in [2.24, 2.45) is 5.92 Å². The number of halogens is 1. The molecule has 1 aromatic carbocycles. The summed E-state index contributed by atoms with van der Waals surface area (Å²) >= 11 is 6.45. The molecule has 2 rings (SSSR count). The van der Waals surface area contributed by atoms with Gasteiger partial charge in [-0.15, -0.1) is 11.6 Å². The second-order valence-corrected chi connectivity index (χ2v) is 5.31. The van der Waals surface area contributed by atoms with Gasteiger partial charge in [0, 0.05) is 11.9 Å². The molecule has 0 aliphatic heterocycles. The van der Waals surface area contributed by atoms with Crippen LogP contribution in [0.3, 0.4) is 0 Å². The van der Waals surface area contributed by atoms with Gasteiger partial charge in [-0.2, -0.15) is 10.2 Å². The first-order chi connectivity index (χ1) is 9.26. The molecule has 1 unspecified atom stereocenters. The van der Waals surface area contributed by atoms with E-state index in [1.165, 1.54) is 0 Å². The number of fused-ring (bicyclic) bond motifs is 1. The molecule has 0 aliphatic rings. The van der Waals surface area contributed by atoms with Crippen molar-refractivity contribution in [2.75, 3.05) is 11.9 Å². The molecular formula is C15H20ClN3. The number of benzene rings is 1. The average molecular weight is 278 g/mol. The molecule has 1 heterocycles. The Hall–Kier alpha value is -1.35. The van der Waals surface area contributed by atoms with E-state index in [0.717, 1.165) is 36.0 Å². The first-order valence-corrected chi connectivity index (χ1v) is 7.28. The van der Waals surface area contributed by atoms with Crippen LogP contribution < -0.4 is 5.32 Å². The van der Waals surface area contributed by atoms with Crippen molar-refractivity contribution < 1.29 is 0 Å². The molecular weight excluding hydrogens is 258 g/mol. The highest BCUT2D eigenvalue weighted by atomic mass is 35.5. The Labute approximate surface area is 119 Å². The lowest BCUT2D eigenvalue weighted by Crippen LogP contribution is -2.23. The summed E-state index contributed by atoms with van der Waals surface area (Å²) in [5, 5.41) is 12.8. The van der Waals surface area contributed by atoms with Crippen LogP contribution in [0.1, 0.15) is 26.7 Å². The summed E-state index contributed by atoms with van der Waals surface area (Å²) in [7, 11) is 0. The van der Waals surface area contributed by atoms with Gasteiger partial charge in [-0.05, 0) is 12.0 Å². The molecule has 102 valence electrons. The van der Waals surface area contributed by atoms with Crippen LogP contribution in [0.15, 0.2) is 30.5 Å². The minimum atomic E-state index is 0.141.